The number of hydrogen-bond donors (Lipinski definition) is 1. The highest BCUT2D eigenvalue weighted by atomic mass is 16.8. The molecule has 7 aromatic rings. The van der Waals surface area contributed by atoms with Crippen LogP contribution in [0.25, 0.3) is 0 Å². The second kappa shape index (κ2) is 26.3. The van der Waals surface area contributed by atoms with Crippen LogP contribution in [0.4, 0.5) is 0 Å². The zero-order valence-corrected chi connectivity index (χ0v) is 41.6. The average molecular weight is 1060 g/mol. The van der Waals surface area contributed by atoms with Crippen LogP contribution in [0.1, 0.15) is 67.7 Å². The van der Waals surface area contributed by atoms with Crippen molar-refractivity contribution in [3.63, 3.8) is 0 Å². The summed E-state index contributed by atoms with van der Waals surface area (Å²) in [7, 11) is 0. The van der Waals surface area contributed by atoms with Gasteiger partial charge in [-0.05, 0) is 78.4 Å². The lowest BCUT2D eigenvalue weighted by Crippen LogP contribution is -2.67. The van der Waals surface area contributed by atoms with Gasteiger partial charge in [0.2, 0.25) is 0 Å². The number of benzene rings is 7. The maximum absolute atomic E-state index is 14.5. The Morgan fingerprint density at radius 1 is 0.346 bits per heavy atom. The number of aliphatic hydroxyl groups is 1. The largest absolute Gasteiger partial charge is 0.459 e. The Labute approximate surface area is 448 Å². The average Bonchev–Trinajstić information content (AvgIpc) is 3.56. The molecule has 10 atom stereocenters. The number of esters is 6. The van der Waals surface area contributed by atoms with Crippen LogP contribution in [-0.2, 0) is 54.0 Å². The number of rotatable bonds is 19. The lowest BCUT2D eigenvalue weighted by Gasteiger charge is -2.48. The van der Waals surface area contributed by atoms with Gasteiger partial charge in [-0.15, -0.1) is 0 Å². The molecule has 17 nitrogen and oxygen atoms in total. The smallest absolute Gasteiger partial charge is 0.338 e. The van der Waals surface area contributed by atoms with E-state index < -0.39 is 110 Å². The molecular formula is C61H52O17. The molecule has 2 aliphatic heterocycles. The van der Waals surface area contributed by atoms with Crippen LogP contribution in [0, 0.1) is 0 Å². The minimum atomic E-state index is -2.10. The van der Waals surface area contributed by atoms with E-state index in [1.54, 1.807) is 140 Å². The van der Waals surface area contributed by atoms with Crippen LogP contribution < -0.4 is 0 Å². The van der Waals surface area contributed by atoms with Crippen molar-refractivity contribution in [1.82, 2.24) is 0 Å². The van der Waals surface area contributed by atoms with Gasteiger partial charge in [0.1, 0.15) is 37.6 Å². The first-order chi connectivity index (χ1) is 38.1. The third-order valence-electron chi connectivity index (χ3n) is 12.6. The number of aliphatic hydroxyl groups excluding tert-OH is 1. The van der Waals surface area contributed by atoms with Crippen LogP contribution in [0.5, 0.6) is 0 Å². The van der Waals surface area contributed by atoms with Crippen molar-refractivity contribution in [2.24, 2.45) is 0 Å². The van der Waals surface area contributed by atoms with E-state index in [9.17, 15) is 33.9 Å². The molecule has 2 saturated heterocycles. The summed E-state index contributed by atoms with van der Waals surface area (Å²) in [5.41, 5.74) is 1.26. The predicted molar refractivity (Wildman–Crippen MR) is 275 cm³/mol. The molecule has 0 radical (unpaired) electrons. The van der Waals surface area contributed by atoms with E-state index in [0.29, 0.717) is 5.56 Å². The van der Waals surface area contributed by atoms with Crippen LogP contribution in [-0.4, -0.2) is 116 Å². The Balaban J connectivity index is 1.17. The predicted octanol–water partition coefficient (Wildman–Crippen LogP) is 8.02. The molecule has 398 valence electrons. The second-order valence-corrected chi connectivity index (χ2v) is 17.8. The van der Waals surface area contributed by atoms with Gasteiger partial charge in [-0.1, -0.05) is 140 Å². The minimum Gasteiger partial charge on any atom is -0.459 e. The molecule has 17 heteroatoms. The van der Waals surface area contributed by atoms with Crippen LogP contribution in [0.3, 0.4) is 0 Å². The molecular weight excluding hydrogens is 1000 g/mol. The molecule has 0 unspecified atom stereocenters. The van der Waals surface area contributed by atoms with E-state index in [4.69, 9.17) is 47.4 Å². The van der Waals surface area contributed by atoms with Gasteiger partial charge in [-0.25, -0.2) is 28.8 Å². The van der Waals surface area contributed by atoms with Gasteiger partial charge in [-0.2, -0.15) is 0 Å². The molecule has 2 aliphatic rings. The fourth-order valence-corrected chi connectivity index (χ4v) is 8.65. The van der Waals surface area contributed by atoms with Crippen molar-refractivity contribution in [3.05, 3.63) is 251 Å². The van der Waals surface area contributed by atoms with Gasteiger partial charge >= 0.3 is 35.8 Å². The summed E-state index contributed by atoms with van der Waals surface area (Å²) in [6.45, 7) is -1.50. The topological polar surface area (TPSA) is 215 Å². The Morgan fingerprint density at radius 3 is 1.04 bits per heavy atom. The van der Waals surface area contributed by atoms with Crippen molar-refractivity contribution in [3.8, 4) is 0 Å². The molecule has 0 aliphatic carbocycles. The van der Waals surface area contributed by atoms with Crippen LogP contribution in [0.15, 0.2) is 212 Å². The molecule has 9 rings (SSSR count). The first kappa shape index (κ1) is 54.0. The summed E-state index contributed by atoms with van der Waals surface area (Å²) in [6, 6.07) is 56.5. The molecule has 7 aromatic carbocycles. The normalized spacial score (nSPS) is 22.6. The van der Waals surface area contributed by atoms with Crippen molar-refractivity contribution in [1.29, 1.82) is 0 Å². The molecule has 0 bridgehead atoms. The van der Waals surface area contributed by atoms with Gasteiger partial charge in [0.25, 0.3) is 0 Å². The zero-order valence-electron chi connectivity index (χ0n) is 41.6. The number of ether oxygens (including phenoxy) is 10. The van der Waals surface area contributed by atoms with Crippen LogP contribution >= 0.6 is 0 Å². The summed E-state index contributed by atoms with van der Waals surface area (Å²) in [4.78, 5) is 84.2. The Kier molecular flexibility index (Phi) is 18.2. The monoisotopic (exact) mass is 1060 g/mol. The van der Waals surface area contributed by atoms with Gasteiger partial charge < -0.3 is 52.5 Å². The molecule has 0 amide bonds. The van der Waals surface area contributed by atoms with Crippen molar-refractivity contribution >= 4 is 35.8 Å². The fourth-order valence-electron chi connectivity index (χ4n) is 8.65. The zero-order chi connectivity index (χ0) is 54.2. The highest BCUT2D eigenvalue weighted by Crippen LogP contribution is 2.37. The standard InChI is InChI=1S/C61H52O17/c62-54(40-24-10-2-11-25-40)70-37-46-49(75-57(65)43-30-16-5-17-31-43)51(52(60(68)72-46)76-58(66)44-32-18-6-19-33-44)78-61-53(77-59(67)45-34-20-7-21-35-45)50(69-36-39-22-8-1-9-23-39)48(74-56(64)42-28-14-4-15-29-42)47(73-61)38-71-55(63)41-26-12-3-13-27-41/h1-35,46-53,60-61,68H,36-38H2/t46-,47-,48+,49+,50+,51+,52-,53-,60-,61+/m1/s1. The van der Waals surface area contributed by atoms with E-state index in [-0.39, 0.29) is 40.0 Å². The minimum absolute atomic E-state index is 0.0431. The fraction of sp³-hybridized carbons (Fsp3) is 0.213. The first-order valence-corrected chi connectivity index (χ1v) is 24.9. The highest BCUT2D eigenvalue weighted by molar-refractivity contribution is 5.92. The molecule has 2 heterocycles. The van der Waals surface area contributed by atoms with Crippen molar-refractivity contribution in [2.45, 2.75) is 68.0 Å². The maximum Gasteiger partial charge on any atom is 0.338 e. The molecule has 0 spiro atoms. The third-order valence-corrected chi connectivity index (χ3v) is 12.6. The Bertz CT molecular complexity index is 3080. The van der Waals surface area contributed by atoms with E-state index >= 15 is 0 Å². The van der Waals surface area contributed by atoms with Crippen molar-refractivity contribution in [2.75, 3.05) is 13.2 Å². The number of carbonyl (C=O) groups excluding carboxylic acids is 6. The van der Waals surface area contributed by atoms with Crippen molar-refractivity contribution < 1.29 is 81.2 Å². The lowest BCUT2D eigenvalue weighted by atomic mass is 9.95. The summed E-state index contributed by atoms with van der Waals surface area (Å²) in [5, 5.41) is 12.0. The highest BCUT2D eigenvalue weighted by Gasteiger charge is 2.57. The molecule has 2 fully saturated rings. The lowest BCUT2D eigenvalue weighted by molar-refractivity contribution is -0.356. The summed E-state index contributed by atoms with van der Waals surface area (Å²) < 4.78 is 62.9. The Morgan fingerprint density at radius 2 is 0.654 bits per heavy atom. The summed E-state index contributed by atoms with van der Waals surface area (Å²) in [6.07, 6.45) is -17.6. The van der Waals surface area contributed by atoms with Gasteiger partial charge in [-0.3, -0.25) is 0 Å². The van der Waals surface area contributed by atoms with Gasteiger partial charge in [0, 0.05) is 0 Å². The van der Waals surface area contributed by atoms with Crippen LogP contribution in [0.2, 0.25) is 0 Å². The Hall–Kier alpha value is -8.84. The van der Waals surface area contributed by atoms with E-state index in [2.05, 4.69) is 0 Å². The molecule has 0 aromatic heterocycles. The van der Waals surface area contributed by atoms with E-state index in [1.165, 1.54) is 72.8 Å². The van der Waals surface area contributed by atoms with Gasteiger partial charge in [0.15, 0.2) is 37.0 Å². The maximum atomic E-state index is 14.5. The van der Waals surface area contributed by atoms with Gasteiger partial charge in [0.05, 0.1) is 40.0 Å². The van der Waals surface area contributed by atoms with E-state index in [1.807, 2.05) is 0 Å². The SMILES string of the molecule is O=C(OC[C@H]1O[C@@H](O)[C@H](OC(=O)c2ccccc2)[C@@H](O[C@@H]2O[C@H](COC(=O)c3ccccc3)[C@H](OC(=O)c3ccccc3)[C@H](OCc3ccccc3)[C@H]2OC(=O)c2ccccc2)[C@H]1OC(=O)c1ccccc1)c1ccccc1. The summed E-state index contributed by atoms with van der Waals surface area (Å²) >= 11 is 0. The van der Waals surface area contributed by atoms with E-state index in [0.717, 1.165) is 0 Å². The third kappa shape index (κ3) is 13.8. The summed E-state index contributed by atoms with van der Waals surface area (Å²) in [5.74, 6) is -5.29. The molecule has 0 saturated carbocycles. The molecule has 78 heavy (non-hydrogen) atoms. The molecule has 1 N–H and O–H groups in total. The quantitative estimate of drug-likeness (QED) is 0.0599. The number of hydrogen-bond acceptors (Lipinski definition) is 17. The second-order valence-electron chi connectivity index (χ2n) is 17.8. The first-order valence-electron chi connectivity index (χ1n) is 24.9. The number of carbonyl (C=O) groups is 6.